The van der Waals surface area contributed by atoms with Gasteiger partial charge in [0.05, 0.1) is 5.92 Å². The summed E-state index contributed by atoms with van der Waals surface area (Å²) in [5.41, 5.74) is 7.40. The SMILES string of the molecule is CCCC(=O)Oc1ccc([C@H]2C(C#N)=C(N)OC3=C2C(=O)CCC3)cc1. The van der Waals surface area contributed by atoms with Crippen molar-refractivity contribution in [3.63, 3.8) is 0 Å². The van der Waals surface area contributed by atoms with Crippen molar-refractivity contribution in [1.82, 2.24) is 0 Å². The molecule has 0 aromatic heterocycles. The van der Waals surface area contributed by atoms with Gasteiger partial charge in [0, 0.05) is 24.8 Å². The Labute approximate surface area is 151 Å². The zero-order valence-corrected chi connectivity index (χ0v) is 14.6. The highest BCUT2D eigenvalue weighted by Gasteiger charge is 2.37. The van der Waals surface area contributed by atoms with Crippen LogP contribution in [-0.2, 0) is 14.3 Å². The molecule has 0 amide bonds. The molecular weight excluding hydrogens is 332 g/mol. The van der Waals surface area contributed by atoms with Crippen LogP contribution in [0.3, 0.4) is 0 Å². The maximum Gasteiger partial charge on any atom is 0.311 e. The van der Waals surface area contributed by atoms with E-state index < -0.39 is 5.92 Å². The normalized spacial score (nSPS) is 19.5. The molecule has 1 aliphatic heterocycles. The van der Waals surface area contributed by atoms with Gasteiger partial charge >= 0.3 is 5.97 Å². The Bertz CT molecular complexity index is 844. The largest absolute Gasteiger partial charge is 0.444 e. The van der Waals surface area contributed by atoms with Crippen LogP contribution < -0.4 is 10.5 Å². The van der Waals surface area contributed by atoms with Gasteiger partial charge in [-0.3, -0.25) is 9.59 Å². The molecule has 1 heterocycles. The predicted octanol–water partition coefficient (Wildman–Crippen LogP) is 3.21. The average molecular weight is 352 g/mol. The van der Waals surface area contributed by atoms with Gasteiger partial charge in [-0.2, -0.15) is 5.26 Å². The number of hydrogen-bond acceptors (Lipinski definition) is 6. The third-order valence-corrected chi connectivity index (χ3v) is 4.50. The van der Waals surface area contributed by atoms with Gasteiger partial charge in [-0.05, 0) is 30.5 Å². The standard InChI is InChI=1S/C20H20N2O4/c1-2-4-17(24)25-13-9-7-12(8-10-13)18-14(11-21)20(22)26-16-6-3-5-15(23)19(16)18/h7-10,18H,2-6,22H2,1H3/t18-/m0/s1. The van der Waals surface area contributed by atoms with E-state index in [0.29, 0.717) is 49.2 Å². The fourth-order valence-electron chi connectivity index (χ4n) is 3.30. The fourth-order valence-corrected chi connectivity index (χ4v) is 3.30. The number of nitriles is 1. The molecule has 1 atom stereocenters. The molecule has 0 saturated heterocycles. The topological polar surface area (TPSA) is 102 Å². The highest BCUT2D eigenvalue weighted by atomic mass is 16.5. The van der Waals surface area contributed by atoms with Gasteiger partial charge in [-0.25, -0.2) is 0 Å². The summed E-state index contributed by atoms with van der Waals surface area (Å²) in [7, 11) is 0. The minimum atomic E-state index is -0.544. The first-order valence-electron chi connectivity index (χ1n) is 8.69. The molecule has 6 nitrogen and oxygen atoms in total. The molecule has 26 heavy (non-hydrogen) atoms. The zero-order chi connectivity index (χ0) is 18.7. The molecule has 1 aromatic carbocycles. The van der Waals surface area contributed by atoms with Crippen LogP contribution in [0.25, 0.3) is 0 Å². The molecule has 0 bridgehead atoms. The van der Waals surface area contributed by atoms with E-state index in [4.69, 9.17) is 15.2 Å². The van der Waals surface area contributed by atoms with Crippen LogP contribution in [0.5, 0.6) is 5.75 Å². The minimum absolute atomic E-state index is 0.0186. The first-order valence-corrected chi connectivity index (χ1v) is 8.69. The molecule has 0 fully saturated rings. The van der Waals surface area contributed by atoms with Gasteiger partial charge < -0.3 is 15.2 Å². The Kier molecular flexibility index (Phi) is 5.08. The number of nitrogens with zero attached hydrogens (tertiary/aromatic N) is 1. The molecule has 0 unspecified atom stereocenters. The number of hydrogen-bond donors (Lipinski definition) is 1. The maximum atomic E-state index is 12.5. The van der Waals surface area contributed by atoms with Crippen LogP contribution >= 0.6 is 0 Å². The number of esters is 1. The van der Waals surface area contributed by atoms with E-state index in [-0.39, 0.29) is 23.2 Å². The second-order valence-corrected chi connectivity index (χ2v) is 6.33. The second kappa shape index (κ2) is 7.44. The van der Waals surface area contributed by atoms with Crippen molar-refractivity contribution in [3.8, 4) is 11.8 Å². The summed E-state index contributed by atoms with van der Waals surface area (Å²) in [6.45, 7) is 1.90. The lowest BCUT2D eigenvalue weighted by molar-refractivity contribution is -0.134. The lowest BCUT2D eigenvalue weighted by Crippen LogP contribution is -2.27. The first kappa shape index (κ1) is 17.7. The van der Waals surface area contributed by atoms with E-state index in [2.05, 4.69) is 6.07 Å². The Morgan fingerprint density at radius 1 is 1.35 bits per heavy atom. The van der Waals surface area contributed by atoms with Crippen molar-refractivity contribution in [3.05, 3.63) is 52.6 Å². The van der Waals surface area contributed by atoms with E-state index >= 15 is 0 Å². The Balaban J connectivity index is 1.95. The number of carbonyl (C=O) groups excluding carboxylic acids is 2. The molecule has 1 aliphatic carbocycles. The summed E-state index contributed by atoms with van der Waals surface area (Å²) < 4.78 is 10.8. The van der Waals surface area contributed by atoms with Crippen molar-refractivity contribution in [2.45, 2.75) is 44.9 Å². The summed E-state index contributed by atoms with van der Waals surface area (Å²) in [4.78, 5) is 24.1. The number of rotatable bonds is 4. The van der Waals surface area contributed by atoms with Crippen LogP contribution in [0.15, 0.2) is 47.1 Å². The lowest BCUT2D eigenvalue weighted by Gasteiger charge is -2.31. The highest BCUT2D eigenvalue weighted by molar-refractivity contribution is 5.99. The van der Waals surface area contributed by atoms with E-state index in [9.17, 15) is 14.9 Å². The number of ether oxygens (including phenoxy) is 2. The van der Waals surface area contributed by atoms with E-state index in [1.165, 1.54) is 0 Å². The number of carbonyl (C=O) groups is 2. The summed E-state index contributed by atoms with van der Waals surface area (Å²) in [5, 5.41) is 9.53. The maximum absolute atomic E-state index is 12.5. The summed E-state index contributed by atoms with van der Waals surface area (Å²) in [6, 6.07) is 8.91. The number of benzene rings is 1. The summed E-state index contributed by atoms with van der Waals surface area (Å²) in [6.07, 6.45) is 2.84. The van der Waals surface area contributed by atoms with Crippen LogP contribution in [0.1, 0.15) is 50.5 Å². The molecule has 0 saturated carbocycles. The van der Waals surface area contributed by atoms with Gasteiger partial charge in [-0.1, -0.05) is 19.1 Å². The van der Waals surface area contributed by atoms with Gasteiger partial charge in [-0.15, -0.1) is 0 Å². The van der Waals surface area contributed by atoms with Gasteiger partial charge in [0.2, 0.25) is 5.88 Å². The van der Waals surface area contributed by atoms with Crippen LogP contribution in [0.2, 0.25) is 0 Å². The second-order valence-electron chi connectivity index (χ2n) is 6.33. The van der Waals surface area contributed by atoms with Crippen molar-refractivity contribution < 1.29 is 19.1 Å². The predicted molar refractivity (Wildman–Crippen MR) is 93.5 cm³/mol. The average Bonchev–Trinajstić information content (AvgIpc) is 2.62. The van der Waals surface area contributed by atoms with E-state index in [1.807, 2.05) is 6.92 Å². The first-order chi connectivity index (χ1) is 12.5. The molecule has 0 radical (unpaired) electrons. The molecule has 2 N–H and O–H groups in total. The third kappa shape index (κ3) is 3.33. The van der Waals surface area contributed by atoms with Crippen molar-refractivity contribution in [1.29, 1.82) is 5.26 Å². The van der Waals surface area contributed by atoms with E-state index in [1.54, 1.807) is 24.3 Å². The number of allylic oxidation sites excluding steroid dienone is 3. The summed E-state index contributed by atoms with van der Waals surface area (Å²) in [5.74, 6) is 0.178. The number of ketones is 1. The smallest absolute Gasteiger partial charge is 0.311 e. The molecule has 1 aromatic rings. The Morgan fingerprint density at radius 3 is 2.73 bits per heavy atom. The van der Waals surface area contributed by atoms with E-state index in [0.717, 1.165) is 5.56 Å². The molecule has 0 spiro atoms. The molecule has 2 aliphatic rings. The Hall–Kier alpha value is -3.07. The van der Waals surface area contributed by atoms with Gasteiger partial charge in [0.15, 0.2) is 5.78 Å². The fraction of sp³-hybridized carbons (Fsp3) is 0.350. The number of nitrogens with two attached hydrogens (primary N) is 1. The Morgan fingerprint density at radius 2 is 2.08 bits per heavy atom. The quantitative estimate of drug-likeness (QED) is 0.659. The van der Waals surface area contributed by atoms with Crippen LogP contribution in [0.4, 0.5) is 0 Å². The van der Waals surface area contributed by atoms with Gasteiger partial charge in [0.1, 0.15) is 23.2 Å². The monoisotopic (exact) mass is 352 g/mol. The minimum Gasteiger partial charge on any atom is -0.444 e. The highest BCUT2D eigenvalue weighted by Crippen LogP contribution is 2.43. The zero-order valence-electron chi connectivity index (χ0n) is 14.6. The summed E-state index contributed by atoms with van der Waals surface area (Å²) >= 11 is 0. The lowest BCUT2D eigenvalue weighted by atomic mass is 9.77. The van der Waals surface area contributed by atoms with Crippen molar-refractivity contribution in [2.75, 3.05) is 0 Å². The van der Waals surface area contributed by atoms with Crippen LogP contribution in [-0.4, -0.2) is 11.8 Å². The van der Waals surface area contributed by atoms with Crippen molar-refractivity contribution in [2.24, 2.45) is 5.73 Å². The molecular formula is C20H20N2O4. The molecule has 134 valence electrons. The number of Topliss-reactive ketones (excluding diaryl/α,β-unsaturated/α-hetero) is 1. The van der Waals surface area contributed by atoms with Gasteiger partial charge in [0.25, 0.3) is 0 Å². The third-order valence-electron chi connectivity index (χ3n) is 4.50. The molecule has 6 heteroatoms. The molecule has 3 rings (SSSR count). The van der Waals surface area contributed by atoms with Crippen LogP contribution in [0, 0.1) is 11.3 Å². The van der Waals surface area contributed by atoms with Crippen molar-refractivity contribution >= 4 is 11.8 Å².